The number of hydrogen-bond donors (Lipinski definition) is 3. The van der Waals surface area contributed by atoms with Crippen LogP contribution in [0, 0.1) is 0 Å². The van der Waals surface area contributed by atoms with Gasteiger partial charge in [0.25, 0.3) is 5.56 Å². The monoisotopic (exact) mass is 246 g/mol. The summed E-state index contributed by atoms with van der Waals surface area (Å²) in [6.07, 6.45) is 1.42. The number of aromatic nitrogens is 2. The highest BCUT2D eigenvalue weighted by Crippen LogP contribution is 1.97. The van der Waals surface area contributed by atoms with Gasteiger partial charge < -0.3 is 5.32 Å². The van der Waals surface area contributed by atoms with E-state index in [4.69, 9.17) is 0 Å². The number of sulfonamides is 1. The van der Waals surface area contributed by atoms with Crippen molar-refractivity contribution in [2.75, 3.05) is 24.2 Å². The van der Waals surface area contributed by atoms with E-state index in [2.05, 4.69) is 20.2 Å². The van der Waals surface area contributed by atoms with Gasteiger partial charge in [0.15, 0.2) is 0 Å². The van der Waals surface area contributed by atoms with Crippen molar-refractivity contribution in [3.05, 3.63) is 22.6 Å². The molecule has 0 spiro atoms. The van der Waals surface area contributed by atoms with Crippen molar-refractivity contribution in [2.45, 2.75) is 6.92 Å². The molecule has 0 aromatic carbocycles. The molecule has 0 unspecified atom stereocenters. The Morgan fingerprint density at radius 2 is 2.25 bits per heavy atom. The largest absolute Gasteiger partial charge is 0.383 e. The summed E-state index contributed by atoms with van der Waals surface area (Å²) in [4.78, 5) is 10.9. The summed E-state index contributed by atoms with van der Waals surface area (Å²) in [6, 6.07) is 1.31. The number of aromatic amines is 1. The first-order valence-corrected chi connectivity index (χ1v) is 6.44. The van der Waals surface area contributed by atoms with Crippen molar-refractivity contribution in [3.8, 4) is 0 Å². The van der Waals surface area contributed by atoms with E-state index in [1.54, 1.807) is 6.92 Å². The molecule has 3 N–H and O–H groups in total. The summed E-state index contributed by atoms with van der Waals surface area (Å²) in [7, 11) is -3.23. The first-order chi connectivity index (χ1) is 7.53. The zero-order valence-corrected chi connectivity index (χ0v) is 9.67. The zero-order chi connectivity index (χ0) is 12.0. The van der Waals surface area contributed by atoms with Crippen molar-refractivity contribution in [1.29, 1.82) is 0 Å². The molecule has 7 nitrogen and oxygen atoms in total. The second-order valence-corrected chi connectivity index (χ2v) is 5.00. The smallest absolute Gasteiger partial charge is 0.266 e. The first-order valence-electron chi connectivity index (χ1n) is 4.79. The molecule has 0 saturated carbocycles. The maximum absolute atomic E-state index is 11.3. The van der Waals surface area contributed by atoms with Crippen LogP contribution >= 0.6 is 0 Å². The molecule has 0 bridgehead atoms. The lowest BCUT2D eigenvalue weighted by molar-refractivity contribution is 0.584. The van der Waals surface area contributed by atoms with Crippen LogP contribution < -0.4 is 15.6 Å². The third-order valence-corrected chi connectivity index (χ3v) is 3.20. The molecule has 0 radical (unpaired) electrons. The molecule has 1 aromatic rings. The summed E-state index contributed by atoms with van der Waals surface area (Å²) in [6.45, 7) is 2.31. The highest BCUT2D eigenvalue weighted by Gasteiger charge is 2.07. The van der Waals surface area contributed by atoms with Gasteiger partial charge in [0.2, 0.25) is 10.0 Å². The molecule has 0 aliphatic heterocycles. The Morgan fingerprint density at radius 3 is 2.88 bits per heavy atom. The molecule has 0 aliphatic rings. The van der Waals surface area contributed by atoms with Gasteiger partial charge in [-0.1, -0.05) is 6.92 Å². The van der Waals surface area contributed by atoms with Crippen molar-refractivity contribution >= 4 is 15.7 Å². The van der Waals surface area contributed by atoms with Gasteiger partial charge in [0, 0.05) is 19.2 Å². The second kappa shape index (κ2) is 5.61. The average Bonchev–Trinajstić information content (AvgIpc) is 2.17. The third kappa shape index (κ3) is 4.41. The third-order valence-electron chi connectivity index (χ3n) is 1.73. The normalized spacial score (nSPS) is 11.3. The number of hydrogen-bond acceptors (Lipinski definition) is 5. The Hall–Kier alpha value is -1.41. The lowest BCUT2D eigenvalue weighted by Gasteiger charge is -2.06. The minimum atomic E-state index is -3.23. The van der Waals surface area contributed by atoms with Crippen LogP contribution in [0.2, 0.25) is 0 Å². The van der Waals surface area contributed by atoms with Crippen molar-refractivity contribution in [3.63, 3.8) is 0 Å². The van der Waals surface area contributed by atoms with Crippen LogP contribution in [0.25, 0.3) is 0 Å². The van der Waals surface area contributed by atoms with Crippen LogP contribution in [0.3, 0.4) is 0 Å². The zero-order valence-electron chi connectivity index (χ0n) is 8.86. The fraction of sp³-hybridized carbons (Fsp3) is 0.500. The standard InChI is InChI=1S/C8H14N4O3S/c1-2-11-16(14,15)4-3-9-7-5-8(13)12-10-6-7/h5-6,11H,2-4H2,1H3,(H2,9,12,13). The van der Waals surface area contributed by atoms with Gasteiger partial charge in [-0.25, -0.2) is 18.2 Å². The lowest BCUT2D eigenvalue weighted by Crippen LogP contribution is -2.29. The van der Waals surface area contributed by atoms with Gasteiger partial charge in [-0.15, -0.1) is 0 Å². The van der Waals surface area contributed by atoms with Crippen LogP contribution in [0.15, 0.2) is 17.1 Å². The molecule has 16 heavy (non-hydrogen) atoms. The van der Waals surface area contributed by atoms with E-state index < -0.39 is 10.0 Å². The van der Waals surface area contributed by atoms with Gasteiger partial charge >= 0.3 is 0 Å². The van der Waals surface area contributed by atoms with E-state index in [0.717, 1.165) is 0 Å². The Labute approximate surface area is 93.3 Å². The summed E-state index contributed by atoms with van der Waals surface area (Å²) in [5.41, 5.74) is 0.162. The molecule has 0 aliphatic carbocycles. The van der Waals surface area contributed by atoms with E-state index in [-0.39, 0.29) is 17.9 Å². The van der Waals surface area contributed by atoms with Gasteiger partial charge in [0.1, 0.15) is 0 Å². The van der Waals surface area contributed by atoms with Crippen LogP contribution in [0.5, 0.6) is 0 Å². The van der Waals surface area contributed by atoms with E-state index in [1.165, 1.54) is 12.3 Å². The summed E-state index contributed by atoms with van der Waals surface area (Å²) in [5.74, 6) is -0.0480. The highest BCUT2D eigenvalue weighted by molar-refractivity contribution is 7.89. The van der Waals surface area contributed by atoms with Crippen LogP contribution in [-0.4, -0.2) is 37.5 Å². The number of nitrogens with one attached hydrogen (secondary N) is 3. The summed E-state index contributed by atoms with van der Waals surface area (Å²) < 4.78 is 24.9. The van der Waals surface area contributed by atoms with Gasteiger partial charge in [-0.2, -0.15) is 5.10 Å². The number of rotatable bonds is 6. The molecule has 90 valence electrons. The minimum absolute atomic E-state index is 0.0480. The Morgan fingerprint density at radius 1 is 1.50 bits per heavy atom. The van der Waals surface area contributed by atoms with E-state index >= 15 is 0 Å². The molecular formula is C8H14N4O3S. The van der Waals surface area contributed by atoms with Crippen LogP contribution in [0.1, 0.15) is 6.92 Å². The SMILES string of the molecule is CCNS(=O)(=O)CCNc1cn[nH]c(=O)c1. The molecule has 1 aromatic heterocycles. The topological polar surface area (TPSA) is 104 Å². The fourth-order valence-corrected chi connectivity index (χ4v) is 2.05. The van der Waals surface area contributed by atoms with E-state index in [0.29, 0.717) is 12.2 Å². The van der Waals surface area contributed by atoms with Gasteiger partial charge in [-0.05, 0) is 0 Å². The Balaban J connectivity index is 2.45. The predicted molar refractivity (Wildman–Crippen MR) is 60.8 cm³/mol. The fourth-order valence-electron chi connectivity index (χ4n) is 1.09. The Bertz CT molecular complexity index is 482. The van der Waals surface area contributed by atoms with Crippen molar-refractivity contribution in [1.82, 2.24) is 14.9 Å². The molecule has 1 rings (SSSR count). The summed E-state index contributed by atoms with van der Waals surface area (Å²) in [5, 5.41) is 8.59. The average molecular weight is 246 g/mol. The van der Waals surface area contributed by atoms with Crippen molar-refractivity contribution < 1.29 is 8.42 Å². The highest BCUT2D eigenvalue weighted by atomic mass is 32.2. The van der Waals surface area contributed by atoms with Crippen LogP contribution in [0.4, 0.5) is 5.69 Å². The number of nitrogens with zero attached hydrogens (tertiary/aromatic N) is 1. The van der Waals surface area contributed by atoms with E-state index in [1.807, 2.05) is 0 Å². The maximum atomic E-state index is 11.3. The minimum Gasteiger partial charge on any atom is -0.383 e. The van der Waals surface area contributed by atoms with Crippen LogP contribution in [-0.2, 0) is 10.0 Å². The number of H-pyrrole nitrogens is 1. The Kier molecular flexibility index (Phi) is 4.44. The predicted octanol–water partition coefficient (Wildman–Crippen LogP) is -0.879. The van der Waals surface area contributed by atoms with Gasteiger partial charge in [0.05, 0.1) is 17.6 Å². The molecule has 0 saturated heterocycles. The van der Waals surface area contributed by atoms with Crippen molar-refractivity contribution in [2.24, 2.45) is 0 Å². The quantitative estimate of drug-likeness (QED) is 0.604. The lowest BCUT2D eigenvalue weighted by atomic mass is 10.4. The second-order valence-electron chi connectivity index (χ2n) is 3.08. The molecule has 0 fully saturated rings. The molecule has 0 atom stereocenters. The molecule has 0 amide bonds. The van der Waals surface area contributed by atoms with Gasteiger partial charge in [-0.3, -0.25) is 4.79 Å². The molecule has 1 heterocycles. The molecular weight excluding hydrogens is 232 g/mol. The van der Waals surface area contributed by atoms with E-state index in [9.17, 15) is 13.2 Å². The molecule has 8 heteroatoms. The summed E-state index contributed by atoms with van der Waals surface area (Å²) >= 11 is 0. The number of anilines is 1. The first kappa shape index (κ1) is 12.7. The maximum Gasteiger partial charge on any atom is 0.266 e.